The molecule has 2 aromatic rings. The summed E-state index contributed by atoms with van der Waals surface area (Å²) in [5.74, 6) is 0. The van der Waals surface area contributed by atoms with Crippen molar-refractivity contribution in [3.05, 3.63) is 24.7 Å². The molecule has 0 bridgehead atoms. The van der Waals surface area contributed by atoms with E-state index in [4.69, 9.17) is 0 Å². The minimum absolute atomic E-state index is 1.35. The molecule has 0 unspecified atom stereocenters. The Kier molecular flexibility index (Phi) is 3.43. The molecular formula is C9H6I2S2. The minimum atomic E-state index is 1.35. The number of benzene rings is 1. The highest BCUT2D eigenvalue weighted by Gasteiger charge is 2.04. The predicted molar refractivity (Wildman–Crippen MR) is 79.0 cm³/mol. The summed E-state index contributed by atoms with van der Waals surface area (Å²) >= 11 is 8.47. The van der Waals surface area contributed by atoms with E-state index in [1.54, 1.807) is 11.8 Å². The molecule has 2 rings (SSSR count). The van der Waals surface area contributed by atoms with Crippen molar-refractivity contribution in [2.45, 2.75) is 4.90 Å². The van der Waals surface area contributed by atoms with Gasteiger partial charge in [0.2, 0.25) is 0 Å². The number of thioether (sulfide) groups is 1. The Morgan fingerprint density at radius 1 is 1.23 bits per heavy atom. The summed E-state index contributed by atoms with van der Waals surface area (Å²) in [7, 11) is 0. The molecule has 0 nitrogen and oxygen atoms in total. The third-order valence-corrected chi connectivity index (χ3v) is 5.62. The van der Waals surface area contributed by atoms with Gasteiger partial charge >= 0.3 is 0 Å². The van der Waals surface area contributed by atoms with Gasteiger partial charge in [-0.15, -0.1) is 23.1 Å². The maximum Gasteiger partial charge on any atom is 0.0666 e. The van der Waals surface area contributed by atoms with Gasteiger partial charge in [-0.05, 0) is 75.0 Å². The zero-order valence-electron chi connectivity index (χ0n) is 6.80. The first kappa shape index (κ1) is 10.5. The van der Waals surface area contributed by atoms with Crippen molar-refractivity contribution in [2.75, 3.05) is 6.26 Å². The fourth-order valence-electron chi connectivity index (χ4n) is 1.17. The Hall–Kier alpha value is 0.990. The van der Waals surface area contributed by atoms with Crippen LogP contribution in [0.4, 0.5) is 0 Å². The summed E-state index contributed by atoms with van der Waals surface area (Å²) in [5, 5.41) is 1.38. The molecule has 0 spiro atoms. The maximum atomic E-state index is 2.41. The van der Waals surface area contributed by atoms with E-state index in [0.717, 1.165) is 0 Å². The average Bonchev–Trinajstić information content (AvgIpc) is 2.46. The third kappa shape index (κ3) is 2.15. The predicted octanol–water partition coefficient (Wildman–Crippen LogP) is 4.83. The first-order valence-corrected chi connectivity index (χ1v) is 7.83. The van der Waals surface area contributed by atoms with Gasteiger partial charge < -0.3 is 0 Å². The molecule has 4 heteroatoms. The van der Waals surface area contributed by atoms with Crippen LogP contribution >= 0.6 is 68.3 Å². The molecule has 0 aliphatic heterocycles. The summed E-state index contributed by atoms with van der Waals surface area (Å²) in [5.41, 5.74) is 0. The van der Waals surface area contributed by atoms with E-state index >= 15 is 0 Å². The van der Waals surface area contributed by atoms with E-state index in [2.05, 4.69) is 69.6 Å². The van der Waals surface area contributed by atoms with Crippen LogP contribution in [0.3, 0.4) is 0 Å². The number of fused-ring (bicyclic) bond motifs is 1. The van der Waals surface area contributed by atoms with Crippen molar-refractivity contribution in [3.8, 4) is 0 Å². The van der Waals surface area contributed by atoms with Crippen molar-refractivity contribution < 1.29 is 0 Å². The first-order valence-electron chi connectivity index (χ1n) is 3.63. The summed E-state index contributed by atoms with van der Waals surface area (Å²) < 4.78 is 4.15. The lowest BCUT2D eigenvalue weighted by Crippen LogP contribution is -1.74. The number of rotatable bonds is 1. The lowest BCUT2D eigenvalue weighted by Gasteiger charge is -1.98. The van der Waals surface area contributed by atoms with Crippen LogP contribution in [0.1, 0.15) is 0 Å². The molecular weight excluding hydrogens is 426 g/mol. The van der Waals surface area contributed by atoms with Gasteiger partial charge in [-0.25, -0.2) is 0 Å². The normalized spacial score (nSPS) is 11.0. The zero-order valence-corrected chi connectivity index (χ0v) is 12.8. The molecule has 0 radical (unpaired) electrons. The lowest BCUT2D eigenvalue weighted by atomic mass is 10.3. The SMILES string of the molecule is CSc1cc(I)c2sc(I)cc2c1. The quantitative estimate of drug-likeness (QED) is 0.460. The number of hydrogen-bond acceptors (Lipinski definition) is 2. The lowest BCUT2D eigenvalue weighted by molar-refractivity contribution is 1.50. The first-order chi connectivity index (χ1) is 6.20. The highest BCUT2D eigenvalue weighted by atomic mass is 127. The van der Waals surface area contributed by atoms with E-state index < -0.39 is 0 Å². The molecule has 1 aromatic carbocycles. The number of hydrogen-bond donors (Lipinski definition) is 0. The van der Waals surface area contributed by atoms with Crippen LogP contribution in [0.25, 0.3) is 10.1 Å². The van der Waals surface area contributed by atoms with Gasteiger partial charge in [-0.3, -0.25) is 0 Å². The van der Waals surface area contributed by atoms with Crippen molar-refractivity contribution in [2.24, 2.45) is 0 Å². The fourth-order valence-corrected chi connectivity index (χ4v) is 4.61. The second kappa shape index (κ2) is 4.24. The molecule has 0 saturated heterocycles. The average molecular weight is 432 g/mol. The molecule has 1 aromatic heterocycles. The van der Waals surface area contributed by atoms with Crippen LogP contribution in [0, 0.1) is 6.45 Å². The van der Waals surface area contributed by atoms with E-state index in [1.165, 1.54) is 21.4 Å². The Morgan fingerprint density at radius 2 is 2.00 bits per heavy atom. The summed E-state index contributed by atoms with van der Waals surface area (Å²) in [6.45, 7) is 0. The van der Waals surface area contributed by atoms with Gasteiger partial charge in [-0.1, -0.05) is 0 Å². The van der Waals surface area contributed by atoms with E-state index in [-0.39, 0.29) is 0 Å². The second-order valence-corrected chi connectivity index (χ2v) is 7.57. The summed E-state index contributed by atoms with van der Waals surface area (Å²) in [6.07, 6.45) is 2.12. The van der Waals surface area contributed by atoms with Crippen molar-refractivity contribution >= 4 is 78.4 Å². The molecule has 68 valence electrons. The fraction of sp³-hybridized carbons (Fsp3) is 0.111. The number of halogens is 2. The van der Waals surface area contributed by atoms with Gasteiger partial charge in [0.1, 0.15) is 0 Å². The Balaban J connectivity index is 2.75. The largest absolute Gasteiger partial charge is 0.130 e. The van der Waals surface area contributed by atoms with Crippen molar-refractivity contribution in [1.82, 2.24) is 0 Å². The zero-order chi connectivity index (χ0) is 9.42. The molecule has 0 fully saturated rings. The Labute approximate surface area is 113 Å². The van der Waals surface area contributed by atoms with Gasteiger partial charge in [0, 0.05) is 13.2 Å². The van der Waals surface area contributed by atoms with Crippen molar-refractivity contribution in [3.63, 3.8) is 0 Å². The van der Waals surface area contributed by atoms with E-state index in [9.17, 15) is 0 Å². The molecule has 0 atom stereocenters. The van der Waals surface area contributed by atoms with E-state index in [0.29, 0.717) is 0 Å². The molecule has 13 heavy (non-hydrogen) atoms. The Bertz CT molecular complexity index is 448. The second-order valence-electron chi connectivity index (χ2n) is 2.58. The van der Waals surface area contributed by atoms with Crippen LogP contribution < -0.4 is 0 Å². The highest BCUT2D eigenvalue weighted by molar-refractivity contribution is 14.1. The maximum absolute atomic E-state index is 2.41. The molecule has 1 heterocycles. The summed E-state index contributed by atoms with van der Waals surface area (Å²) in [6, 6.07) is 6.77. The standard InChI is InChI=1S/C9H6I2S2/c1-12-6-2-5-3-8(11)13-9(5)7(10)4-6/h2-4H,1H3. The Morgan fingerprint density at radius 3 is 2.69 bits per heavy atom. The minimum Gasteiger partial charge on any atom is -0.130 e. The third-order valence-electron chi connectivity index (χ3n) is 1.75. The van der Waals surface area contributed by atoms with Gasteiger partial charge in [0.25, 0.3) is 0 Å². The topological polar surface area (TPSA) is 0 Å². The van der Waals surface area contributed by atoms with Crippen LogP contribution in [-0.2, 0) is 0 Å². The molecule has 0 aliphatic rings. The molecule has 0 N–H and O–H groups in total. The summed E-state index contributed by atoms with van der Waals surface area (Å²) in [4.78, 5) is 1.35. The van der Waals surface area contributed by atoms with Crippen molar-refractivity contribution in [1.29, 1.82) is 0 Å². The van der Waals surface area contributed by atoms with Crippen LogP contribution in [0.5, 0.6) is 0 Å². The molecule has 0 saturated carbocycles. The molecule has 0 aliphatic carbocycles. The molecule has 0 amide bonds. The van der Waals surface area contributed by atoms with Crippen LogP contribution in [0.2, 0.25) is 0 Å². The van der Waals surface area contributed by atoms with Gasteiger partial charge in [0.15, 0.2) is 0 Å². The highest BCUT2D eigenvalue weighted by Crippen LogP contribution is 2.33. The smallest absolute Gasteiger partial charge is 0.0666 e. The van der Waals surface area contributed by atoms with Gasteiger partial charge in [0.05, 0.1) is 2.88 Å². The van der Waals surface area contributed by atoms with E-state index in [1.807, 2.05) is 11.3 Å². The monoisotopic (exact) mass is 432 g/mol. The van der Waals surface area contributed by atoms with Gasteiger partial charge in [-0.2, -0.15) is 0 Å². The number of thiophene rings is 1. The van der Waals surface area contributed by atoms with Crippen LogP contribution in [-0.4, -0.2) is 6.26 Å². The van der Waals surface area contributed by atoms with Crippen LogP contribution in [0.15, 0.2) is 23.1 Å².